The van der Waals surface area contributed by atoms with Gasteiger partial charge in [-0.25, -0.2) is 0 Å². The van der Waals surface area contributed by atoms with Crippen LogP contribution in [0.2, 0.25) is 0 Å². The van der Waals surface area contributed by atoms with Crippen LogP contribution in [0.5, 0.6) is 0 Å². The van der Waals surface area contributed by atoms with Crippen LogP contribution in [0.1, 0.15) is 93.4 Å². The van der Waals surface area contributed by atoms with Crippen molar-refractivity contribution in [3.05, 3.63) is 95.6 Å². The Morgan fingerprint density at radius 1 is 0.714 bits per heavy atom. The van der Waals surface area contributed by atoms with Crippen LogP contribution in [0, 0.1) is 11.8 Å². The Morgan fingerprint density at radius 3 is 1.91 bits per heavy atom. The summed E-state index contributed by atoms with van der Waals surface area (Å²) < 4.78 is 5.66. The zero-order valence-corrected chi connectivity index (χ0v) is 22.2. The summed E-state index contributed by atoms with van der Waals surface area (Å²) in [6, 6.07) is 18.4. The van der Waals surface area contributed by atoms with E-state index in [0.29, 0.717) is 6.61 Å². The first-order valence-electron chi connectivity index (χ1n) is 14.2. The molecule has 190 valence electrons. The third kappa shape index (κ3) is 11.0. The monoisotopic (exact) mass is 472 g/mol. The normalized spacial score (nSPS) is 18.2. The minimum Gasteiger partial charge on any atom is -0.376 e. The van der Waals surface area contributed by atoms with E-state index in [1.807, 2.05) is 6.08 Å². The number of hydrogen-bond donors (Lipinski definition) is 0. The van der Waals surface area contributed by atoms with E-state index in [9.17, 15) is 0 Å². The van der Waals surface area contributed by atoms with E-state index < -0.39 is 0 Å². The Kier molecular flexibility index (Phi) is 13.0. The fourth-order valence-electron chi connectivity index (χ4n) is 5.39. The molecule has 1 fully saturated rings. The summed E-state index contributed by atoms with van der Waals surface area (Å²) in [5.41, 5.74) is 5.73. The van der Waals surface area contributed by atoms with Gasteiger partial charge >= 0.3 is 0 Å². The van der Waals surface area contributed by atoms with Crippen LogP contribution in [0.15, 0.2) is 73.3 Å². The lowest BCUT2D eigenvalue weighted by Crippen LogP contribution is -2.15. The van der Waals surface area contributed by atoms with Gasteiger partial charge < -0.3 is 4.74 Å². The number of rotatable bonds is 16. The van der Waals surface area contributed by atoms with Gasteiger partial charge in [0.1, 0.15) is 0 Å². The lowest BCUT2D eigenvalue weighted by molar-refractivity contribution is 0.125. The van der Waals surface area contributed by atoms with Crippen LogP contribution in [0.3, 0.4) is 0 Å². The number of aryl methyl sites for hydroxylation is 3. The van der Waals surface area contributed by atoms with Crippen LogP contribution in [0.25, 0.3) is 0 Å². The predicted octanol–water partition coefficient (Wildman–Crippen LogP) is 9.44. The second-order valence-corrected chi connectivity index (χ2v) is 10.5. The summed E-state index contributed by atoms with van der Waals surface area (Å²) in [6.07, 6.45) is 23.3. The molecule has 0 saturated heterocycles. The fourth-order valence-corrected chi connectivity index (χ4v) is 5.39. The summed E-state index contributed by atoms with van der Waals surface area (Å²) in [5.74, 6) is 1.91. The van der Waals surface area contributed by atoms with E-state index >= 15 is 0 Å². The van der Waals surface area contributed by atoms with Gasteiger partial charge in [-0.3, -0.25) is 0 Å². The molecule has 0 unspecified atom stereocenters. The molecule has 1 nitrogen and oxygen atoms in total. The summed E-state index contributed by atoms with van der Waals surface area (Å²) in [6.45, 7) is 7.30. The van der Waals surface area contributed by atoms with Crippen molar-refractivity contribution in [2.45, 2.75) is 97.0 Å². The number of hydrogen-bond acceptors (Lipinski definition) is 1. The first kappa shape index (κ1) is 27.5. The van der Waals surface area contributed by atoms with Crippen molar-refractivity contribution in [3.8, 4) is 0 Å². The highest BCUT2D eigenvalue weighted by Gasteiger charge is 2.20. The Bertz CT molecular complexity index is 837. The van der Waals surface area contributed by atoms with E-state index in [1.165, 1.54) is 86.5 Å². The molecule has 0 N–H and O–H groups in total. The molecule has 3 rings (SSSR count). The zero-order valence-electron chi connectivity index (χ0n) is 22.2. The third-order valence-electron chi connectivity index (χ3n) is 7.75. The van der Waals surface area contributed by atoms with Gasteiger partial charge in [-0.2, -0.15) is 0 Å². The number of ether oxygens (including phenoxy) is 1. The van der Waals surface area contributed by atoms with Gasteiger partial charge in [0, 0.05) is 0 Å². The molecular weight excluding hydrogens is 424 g/mol. The molecule has 1 saturated carbocycles. The molecule has 1 aliphatic rings. The van der Waals surface area contributed by atoms with E-state index in [-0.39, 0.29) is 0 Å². The highest BCUT2D eigenvalue weighted by atomic mass is 16.5. The summed E-state index contributed by atoms with van der Waals surface area (Å²) in [4.78, 5) is 0. The van der Waals surface area contributed by atoms with E-state index in [1.54, 1.807) is 0 Å². The SMILES string of the molecule is C=CCCOCc1ccc(CCCCC2CCC(CCc3ccc(CC/C=C/C)cc3)CC2)cc1. The summed E-state index contributed by atoms with van der Waals surface area (Å²) in [7, 11) is 0. The van der Waals surface area contributed by atoms with Crippen molar-refractivity contribution in [2.75, 3.05) is 6.61 Å². The van der Waals surface area contributed by atoms with Crippen LogP contribution < -0.4 is 0 Å². The van der Waals surface area contributed by atoms with Gasteiger partial charge in [0.2, 0.25) is 0 Å². The van der Waals surface area contributed by atoms with Gasteiger partial charge in [-0.05, 0) is 86.0 Å². The average molecular weight is 473 g/mol. The topological polar surface area (TPSA) is 9.23 Å². The largest absolute Gasteiger partial charge is 0.376 e. The molecule has 0 radical (unpaired) electrons. The van der Waals surface area contributed by atoms with Crippen LogP contribution in [0.4, 0.5) is 0 Å². The van der Waals surface area contributed by atoms with Crippen molar-refractivity contribution >= 4 is 0 Å². The first-order valence-corrected chi connectivity index (χ1v) is 14.2. The molecule has 0 spiro atoms. The third-order valence-corrected chi connectivity index (χ3v) is 7.75. The Morgan fingerprint density at radius 2 is 1.29 bits per heavy atom. The van der Waals surface area contributed by atoms with Gasteiger partial charge in [-0.15, -0.1) is 6.58 Å². The smallest absolute Gasteiger partial charge is 0.0717 e. The highest BCUT2D eigenvalue weighted by molar-refractivity contribution is 5.23. The second kappa shape index (κ2) is 16.5. The fraction of sp³-hybridized carbons (Fsp3) is 0.529. The maximum absolute atomic E-state index is 5.66. The minimum atomic E-state index is 0.709. The number of unbranched alkanes of at least 4 members (excludes halogenated alkanes) is 1. The summed E-state index contributed by atoms with van der Waals surface area (Å²) in [5, 5.41) is 0. The van der Waals surface area contributed by atoms with Gasteiger partial charge in [-0.1, -0.05) is 105 Å². The molecule has 0 bridgehead atoms. The molecule has 1 heteroatoms. The molecule has 0 amide bonds. The van der Waals surface area contributed by atoms with Crippen LogP contribution in [-0.2, 0) is 30.6 Å². The van der Waals surface area contributed by atoms with Crippen molar-refractivity contribution in [2.24, 2.45) is 11.8 Å². The molecule has 35 heavy (non-hydrogen) atoms. The second-order valence-electron chi connectivity index (χ2n) is 10.5. The first-order chi connectivity index (χ1) is 17.3. The Labute approximate surface area is 215 Å². The van der Waals surface area contributed by atoms with Crippen LogP contribution >= 0.6 is 0 Å². The summed E-state index contributed by atoms with van der Waals surface area (Å²) >= 11 is 0. The predicted molar refractivity (Wildman–Crippen MR) is 152 cm³/mol. The molecule has 0 aromatic heterocycles. The Hall–Kier alpha value is -2.12. The molecule has 0 aliphatic heterocycles. The van der Waals surface area contributed by atoms with Gasteiger partial charge in [0.15, 0.2) is 0 Å². The van der Waals surface area contributed by atoms with E-state index in [0.717, 1.165) is 37.7 Å². The maximum atomic E-state index is 5.66. The molecule has 2 aromatic carbocycles. The molecule has 0 heterocycles. The highest BCUT2D eigenvalue weighted by Crippen LogP contribution is 2.34. The zero-order chi connectivity index (χ0) is 24.6. The van der Waals surface area contributed by atoms with Crippen LogP contribution in [-0.4, -0.2) is 6.61 Å². The average Bonchev–Trinajstić information content (AvgIpc) is 2.90. The van der Waals surface area contributed by atoms with Gasteiger partial charge in [0.05, 0.1) is 13.2 Å². The number of allylic oxidation sites excluding steroid dienone is 2. The van der Waals surface area contributed by atoms with Crippen molar-refractivity contribution < 1.29 is 4.74 Å². The van der Waals surface area contributed by atoms with E-state index in [2.05, 4.69) is 74.2 Å². The molecule has 0 atom stereocenters. The lowest BCUT2D eigenvalue weighted by Gasteiger charge is -2.28. The lowest BCUT2D eigenvalue weighted by atomic mass is 9.77. The van der Waals surface area contributed by atoms with Gasteiger partial charge in [0.25, 0.3) is 0 Å². The molecule has 2 aromatic rings. The van der Waals surface area contributed by atoms with Crippen molar-refractivity contribution in [1.82, 2.24) is 0 Å². The molecule has 1 aliphatic carbocycles. The maximum Gasteiger partial charge on any atom is 0.0717 e. The van der Waals surface area contributed by atoms with Crippen molar-refractivity contribution in [3.63, 3.8) is 0 Å². The standard InChI is InChI=1S/C34H48O/c1-3-5-7-10-29-13-17-32(18-14-29)21-22-33-19-15-30(16-20-33)11-8-9-12-31-23-25-34(26-24-31)28-35-27-6-4-2/h3-5,13-14,17-18,23-26,30,33H,2,6-12,15-16,19-22,27-28H2,1H3/b5-3+. The Balaban J connectivity index is 1.23. The van der Waals surface area contributed by atoms with E-state index in [4.69, 9.17) is 4.74 Å². The minimum absolute atomic E-state index is 0.709. The van der Waals surface area contributed by atoms with Crippen molar-refractivity contribution in [1.29, 1.82) is 0 Å². The number of benzene rings is 2. The molecular formula is C34H48O. The quantitative estimate of drug-likeness (QED) is 0.175.